The maximum Gasteiger partial charge on any atom is 0.262 e. The SMILES string of the molecule is COc1cc(/C=C/C(=O)c2cnn(C)c2)ccc1OCC(=O)Nc1ccccc1Cl. The highest BCUT2D eigenvalue weighted by molar-refractivity contribution is 6.33. The molecule has 0 atom stereocenters. The van der Waals surface area contributed by atoms with Gasteiger partial charge in [0, 0.05) is 13.2 Å². The van der Waals surface area contributed by atoms with Crippen LogP contribution in [0.5, 0.6) is 11.5 Å². The number of aromatic nitrogens is 2. The van der Waals surface area contributed by atoms with Crippen LogP contribution in [0.2, 0.25) is 5.02 Å². The van der Waals surface area contributed by atoms with E-state index in [4.69, 9.17) is 21.1 Å². The van der Waals surface area contributed by atoms with E-state index in [1.807, 2.05) is 0 Å². The maximum absolute atomic E-state index is 12.2. The number of ketones is 1. The average Bonchev–Trinajstić information content (AvgIpc) is 3.18. The molecule has 1 heterocycles. The molecule has 30 heavy (non-hydrogen) atoms. The summed E-state index contributed by atoms with van der Waals surface area (Å²) in [6, 6.07) is 12.1. The van der Waals surface area contributed by atoms with Crippen molar-refractivity contribution in [2.24, 2.45) is 7.05 Å². The average molecular weight is 426 g/mol. The number of methoxy groups -OCH3 is 1. The van der Waals surface area contributed by atoms with E-state index in [2.05, 4.69) is 10.4 Å². The molecule has 0 aliphatic heterocycles. The van der Waals surface area contributed by atoms with Gasteiger partial charge in [0.05, 0.1) is 29.6 Å². The molecule has 0 aliphatic carbocycles. The Morgan fingerprint density at radius 3 is 2.70 bits per heavy atom. The minimum absolute atomic E-state index is 0.154. The van der Waals surface area contributed by atoms with E-state index in [1.54, 1.807) is 66.5 Å². The van der Waals surface area contributed by atoms with Crippen LogP contribution >= 0.6 is 11.6 Å². The molecule has 0 fully saturated rings. The van der Waals surface area contributed by atoms with Gasteiger partial charge in [-0.05, 0) is 35.9 Å². The first-order chi connectivity index (χ1) is 14.5. The molecular weight excluding hydrogens is 406 g/mol. The number of ether oxygens (including phenoxy) is 2. The quantitative estimate of drug-likeness (QED) is 0.435. The topological polar surface area (TPSA) is 82.4 Å². The number of anilines is 1. The molecule has 0 unspecified atom stereocenters. The van der Waals surface area contributed by atoms with E-state index in [-0.39, 0.29) is 18.3 Å². The minimum Gasteiger partial charge on any atom is -0.493 e. The van der Waals surface area contributed by atoms with Gasteiger partial charge in [0.2, 0.25) is 0 Å². The highest BCUT2D eigenvalue weighted by atomic mass is 35.5. The van der Waals surface area contributed by atoms with Crippen molar-refractivity contribution in [3.05, 3.63) is 77.1 Å². The van der Waals surface area contributed by atoms with Crippen molar-refractivity contribution in [1.29, 1.82) is 0 Å². The molecule has 0 saturated heterocycles. The molecule has 0 spiro atoms. The molecule has 1 N–H and O–H groups in total. The maximum atomic E-state index is 12.2. The van der Waals surface area contributed by atoms with E-state index in [0.717, 1.165) is 5.56 Å². The van der Waals surface area contributed by atoms with Crippen LogP contribution in [-0.2, 0) is 11.8 Å². The molecule has 3 rings (SSSR count). The van der Waals surface area contributed by atoms with Gasteiger partial charge in [-0.1, -0.05) is 35.9 Å². The fourth-order valence-corrected chi connectivity index (χ4v) is 2.80. The number of hydrogen-bond donors (Lipinski definition) is 1. The summed E-state index contributed by atoms with van der Waals surface area (Å²) < 4.78 is 12.5. The monoisotopic (exact) mass is 425 g/mol. The standard InChI is InChI=1S/C22H20ClN3O4/c1-26-13-16(12-24-26)19(27)9-7-15-8-10-20(21(11-15)29-2)30-14-22(28)25-18-6-4-3-5-17(18)23/h3-13H,14H2,1-2H3,(H,25,28)/b9-7+. The summed E-state index contributed by atoms with van der Waals surface area (Å²) in [5.41, 5.74) is 1.76. The first-order valence-electron chi connectivity index (χ1n) is 9.02. The van der Waals surface area contributed by atoms with E-state index in [9.17, 15) is 9.59 Å². The van der Waals surface area contributed by atoms with Crippen LogP contribution in [0.4, 0.5) is 5.69 Å². The van der Waals surface area contributed by atoms with Crippen molar-refractivity contribution in [1.82, 2.24) is 9.78 Å². The number of benzene rings is 2. The van der Waals surface area contributed by atoms with Gasteiger partial charge in [-0.2, -0.15) is 5.10 Å². The first-order valence-corrected chi connectivity index (χ1v) is 9.40. The Morgan fingerprint density at radius 1 is 1.20 bits per heavy atom. The second-order valence-electron chi connectivity index (χ2n) is 6.33. The van der Waals surface area contributed by atoms with Gasteiger partial charge in [0.1, 0.15) is 0 Å². The summed E-state index contributed by atoms with van der Waals surface area (Å²) in [5, 5.41) is 7.11. The number of nitrogens with zero attached hydrogens (tertiary/aromatic N) is 2. The fraction of sp³-hybridized carbons (Fsp3) is 0.136. The molecule has 1 aromatic heterocycles. The third-order valence-corrected chi connectivity index (χ3v) is 4.44. The van der Waals surface area contributed by atoms with E-state index < -0.39 is 0 Å². The van der Waals surface area contributed by atoms with E-state index >= 15 is 0 Å². The molecule has 154 valence electrons. The number of para-hydroxylation sites is 1. The molecule has 0 radical (unpaired) electrons. The second-order valence-corrected chi connectivity index (χ2v) is 6.73. The Kier molecular flexibility index (Phi) is 6.87. The summed E-state index contributed by atoms with van der Waals surface area (Å²) >= 11 is 6.03. The lowest BCUT2D eigenvalue weighted by molar-refractivity contribution is -0.118. The van der Waals surface area contributed by atoms with Crippen LogP contribution in [0.1, 0.15) is 15.9 Å². The predicted molar refractivity (Wildman–Crippen MR) is 115 cm³/mol. The molecule has 1 amide bonds. The lowest BCUT2D eigenvalue weighted by atomic mass is 10.1. The smallest absolute Gasteiger partial charge is 0.262 e. The van der Waals surface area contributed by atoms with Crippen LogP contribution in [0.3, 0.4) is 0 Å². The number of aryl methyl sites for hydroxylation is 1. The van der Waals surface area contributed by atoms with E-state index in [0.29, 0.717) is 27.8 Å². The van der Waals surface area contributed by atoms with Gasteiger partial charge in [-0.25, -0.2) is 0 Å². The Labute approximate surface area is 178 Å². The highest BCUT2D eigenvalue weighted by Crippen LogP contribution is 2.29. The predicted octanol–water partition coefficient (Wildman–Crippen LogP) is 4.00. The first kappa shape index (κ1) is 21.1. The number of amides is 1. The Hall–Kier alpha value is -3.58. The van der Waals surface area contributed by atoms with Gasteiger partial charge in [0.15, 0.2) is 23.9 Å². The number of nitrogens with one attached hydrogen (secondary N) is 1. The third-order valence-electron chi connectivity index (χ3n) is 4.11. The van der Waals surface area contributed by atoms with E-state index in [1.165, 1.54) is 19.4 Å². The van der Waals surface area contributed by atoms with Crippen molar-refractivity contribution in [3.8, 4) is 11.5 Å². The Balaban J connectivity index is 1.62. The van der Waals surface area contributed by atoms with Crippen molar-refractivity contribution in [2.45, 2.75) is 0 Å². The molecule has 8 heteroatoms. The van der Waals surface area contributed by atoms with Crippen LogP contribution < -0.4 is 14.8 Å². The fourth-order valence-electron chi connectivity index (χ4n) is 2.62. The number of carbonyl (C=O) groups is 2. The number of carbonyl (C=O) groups excluding carboxylic acids is 2. The zero-order valence-electron chi connectivity index (χ0n) is 16.5. The minimum atomic E-state index is -0.351. The van der Waals surface area contributed by atoms with Crippen molar-refractivity contribution in [2.75, 3.05) is 19.0 Å². The van der Waals surface area contributed by atoms with Crippen molar-refractivity contribution in [3.63, 3.8) is 0 Å². The molecule has 0 saturated carbocycles. The third kappa shape index (κ3) is 5.48. The lowest BCUT2D eigenvalue weighted by Gasteiger charge is -2.12. The van der Waals surface area contributed by atoms with Crippen molar-refractivity contribution >= 4 is 35.1 Å². The molecule has 7 nitrogen and oxygen atoms in total. The Bertz CT molecular complexity index is 1090. The number of halogens is 1. The summed E-state index contributed by atoms with van der Waals surface area (Å²) in [7, 11) is 3.25. The Morgan fingerprint density at radius 2 is 2.00 bits per heavy atom. The molecule has 0 aliphatic rings. The van der Waals surface area contributed by atoms with Crippen LogP contribution in [0.25, 0.3) is 6.08 Å². The van der Waals surface area contributed by atoms with Gasteiger partial charge in [0.25, 0.3) is 5.91 Å². The number of rotatable bonds is 8. The molecule has 3 aromatic rings. The van der Waals surface area contributed by atoms with Crippen LogP contribution in [-0.4, -0.2) is 35.2 Å². The molecule has 0 bridgehead atoms. The van der Waals surface area contributed by atoms with Gasteiger partial charge in [-0.3, -0.25) is 14.3 Å². The number of hydrogen-bond acceptors (Lipinski definition) is 5. The highest BCUT2D eigenvalue weighted by Gasteiger charge is 2.10. The largest absolute Gasteiger partial charge is 0.493 e. The number of allylic oxidation sites excluding steroid dienone is 1. The summed E-state index contributed by atoms with van der Waals surface area (Å²) in [6.45, 7) is -0.212. The zero-order valence-corrected chi connectivity index (χ0v) is 17.2. The summed E-state index contributed by atoms with van der Waals surface area (Å²) in [6.07, 6.45) is 6.30. The van der Waals surface area contributed by atoms with Crippen LogP contribution in [0, 0.1) is 0 Å². The normalized spacial score (nSPS) is 10.8. The molecule has 2 aromatic carbocycles. The van der Waals surface area contributed by atoms with Gasteiger partial charge < -0.3 is 14.8 Å². The lowest BCUT2D eigenvalue weighted by Crippen LogP contribution is -2.20. The van der Waals surface area contributed by atoms with Crippen LogP contribution in [0.15, 0.2) is 60.9 Å². The second kappa shape index (κ2) is 9.76. The van der Waals surface area contributed by atoms with Gasteiger partial charge >= 0.3 is 0 Å². The zero-order chi connectivity index (χ0) is 21.5. The summed E-state index contributed by atoms with van der Waals surface area (Å²) in [4.78, 5) is 24.3. The van der Waals surface area contributed by atoms with Crippen molar-refractivity contribution < 1.29 is 19.1 Å². The molecular formula is C22H20ClN3O4. The van der Waals surface area contributed by atoms with Gasteiger partial charge in [-0.15, -0.1) is 0 Å². The summed E-state index contributed by atoms with van der Waals surface area (Å²) in [5.74, 6) is 0.342.